The van der Waals surface area contributed by atoms with Crippen molar-refractivity contribution in [1.82, 2.24) is 4.37 Å². The zero-order chi connectivity index (χ0) is 8.55. The molecule has 0 amide bonds. The Morgan fingerprint density at radius 2 is 1.92 bits per heavy atom. The van der Waals surface area contributed by atoms with Crippen LogP contribution in [0, 0.1) is 0 Å². The Balaban J connectivity index is 3.11. The topological polar surface area (TPSA) is 49.9 Å². The molecule has 0 unspecified atom stereocenters. The maximum Gasteiger partial charge on any atom is 0.305 e. The number of rotatable bonds is 0. The number of fused-ring (bicyclic) bond motifs is 1. The largest absolute Gasteiger partial charge is 0.305 e. The SMILES string of the molecule is O=c1[nH]sc2ccccc2c1=O. The molecule has 12 heavy (non-hydrogen) atoms. The molecule has 4 heteroatoms. The molecule has 0 fully saturated rings. The first-order valence-corrected chi connectivity index (χ1v) is 4.21. The van der Waals surface area contributed by atoms with Gasteiger partial charge in [0.25, 0.3) is 5.43 Å². The molecule has 0 saturated carbocycles. The van der Waals surface area contributed by atoms with Crippen molar-refractivity contribution in [2.75, 3.05) is 0 Å². The van der Waals surface area contributed by atoms with Gasteiger partial charge in [0.15, 0.2) is 0 Å². The predicted molar refractivity (Wildman–Crippen MR) is 48.7 cm³/mol. The van der Waals surface area contributed by atoms with Crippen molar-refractivity contribution < 1.29 is 0 Å². The fourth-order valence-corrected chi connectivity index (χ4v) is 1.73. The third-order valence-corrected chi connectivity index (χ3v) is 2.45. The molecule has 60 valence electrons. The number of nitrogens with one attached hydrogen (secondary N) is 1. The number of H-pyrrole nitrogens is 1. The summed E-state index contributed by atoms with van der Waals surface area (Å²) in [7, 11) is 0. The van der Waals surface area contributed by atoms with Gasteiger partial charge in [-0.05, 0) is 12.1 Å². The van der Waals surface area contributed by atoms with E-state index in [-0.39, 0.29) is 0 Å². The minimum Gasteiger partial charge on any atom is -0.283 e. The van der Waals surface area contributed by atoms with Gasteiger partial charge in [-0.3, -0.25) is 14.0 Å². The van der Waals surface area contributed by atoms with Gasteiger partial charge in [-0.1, -0.05) is 23.7 Å². The summed E-state index contributed by atoms with van der Waals surface area (Å²) in [6.45, 7) is 0. The van der Waals surface area contributed by atoms with E-state index in [4.69, 9.17) is 0 Å². The second-order valence-corrected chi connectivity index (χ2v) is 3.21. The molecule has 0 aliphatic rings. The third kappa shape index (κ3) is 0.967. The number of hydrogen-bond acceptors (Lipinski definition) is 3. The highest BCUT2D eigenvalue weighted by Crippen LogP contribution is 2.09. The lowest BCUT2D eigenvalue weighted by atomic mass is 10.2. The van der Waals surface area contributed by atoms with Crippen LogP contribution in [0.5, 0.6) is 0 Å². The van der Waals surface area contributed by atoms with Gasteiger partial charge in [0.2, 0.25) is 0 Å². The van der Waals surface area contributed by atoms with Crippen molar-refractivity contribution in [3.05, 3.63) is 44.8 Å². The first-order chi connectivity index (χ1) is 5.79. The Morgan fingerprint density at radius 1 is 1.17 bits per heavy atom. The molecule has 0 spiro atoms. The van der Waals surface area contributed by atoms with Gasteiger partial charge in [-0.25, -0.2) is 0 Å². The normalized spacial score (nSPS) is 10.3. The Bertz CT molecular complexity index is 526. The molecule has 0 saturated heterocycles. The molecule has 1 aromatic heterocycles. The zero-order valence-corrected chi connectivity index (χ0v) is 6.85. The van der Waals surface area contributed by atoms with Crippen LogP contribution in [-0.4, -0.2) is 4.37 Å². The van der Waals surface area contributed by atoms with Gasteiger partial charge in [0.1, 0.15) is 0 Å². The van der Waals surface area contributed by atoms with Gasteiger partial charge in [0, 0.05) is 5.39 Å². The number of hydrogen-bond donors (Lipinski definition) is 1. The van der Waals surface area contributed by atoms with Crippen molar-refractivity contribution in [2.24, 2.45) is 0 Å². The summed E-state index contributed by atoms with van der Waals surface area (Å²) in [4.78, 5) is 22.1. The van der Waals surface area contributed by atoms with Crippen LogP contribution in [0.15, 0.2) is 33.9 Å². The molecule has 1 N–H and O–H groups in total. The van der Waals surface area contributed by atoms with Gasteiger partial charge in [0.05, 0.1) is 4.70 Å². The Morgan fingerprint density at radius 3 is 2.75 bits per heavy atom. The molecular formula is C8H5NO2S. The van der Waals surface area contributed by atoms with Crippen molar-refractivity contribution in [3.63, 3.8) is 0 Å². The fourth-order valence-electron chi connectivity index (χ4n) is 1.01. The van der Waals surface area contributed by atoms with Crippen LogP contribution >= 0.6 is 11.5 Å². The first-order valence-electron chi connectivity index (χ1n) is 3.39. The maximum atomic E-state index is 11.2. The summed E-state index contributed by atoms with van der Waals surface area (Å²) in [5.74, 6) is 0. The molecule has 1 aromatic carbocycles. The van der Waals surface area contributed by atoms with E-state index in [1.165, 1.54) is 11.5 Å². The van der Waals surface area contributed by atoms with E-state index < -0.39 is 11.0 Å². The molecule has 0 aliphatic heterocycles. The summed E-state index contributed by atoms with van der Waals surface area (Å²) in [6, 6.07) is 7.03. The molecule has 0 bridgehead atoms. The minimum absolute atomic E-state index is 0.454. The summed E-state index contributed by atoms with van der Waals surface area (Å²) in [5.41, 5.74) is -0.997. The predicted octanol–water partition coefficient (Wildman–Crippen LogP) is 0.950. The average molecular weight is 179 g/mol. The van der Waals surface area contributed by atoms with E-state index in [2.05, 4.69) is 4.37 Å². The second kappa shape index (κ2) is 2.57. The Labute approximate surface area is 71.4 Å². The van der Waals surface area contributed by atoms with Crippen LogP contribution in [0.2, 0.25) is 0 Å². The molecule has 0 atom stereocenters. The van der Waals surface area contributed by atoms with Crippen molar-refractivity contribution in [2.45, 2.75) is 0 Å². The van der Waals surface area contributed by atoms with Crippen LogP contribution in [0.4, 0.5) is 0 Å². The summed E-state index contributed by atoms with van der Waals surface area (Å²) in [5, 5.41) is 0.492. The van der Waals surface area contributed by atoms with E-state index in [0.29, 0.717) is 5.39 Å². The van der Waals surface area contributed by atoms with E-state index in [0.717, 1.165) is 4.70 Å². The lowest BCUT2D eigenvalue weighted by Crippen LogP contribution is -2.24. The standard InChI is InChI=1S/C8H5NO2S/c10-7-5-3-1-2-4-6(5)12-9-8(7)11/h1-4H,(H,9,11). The van der Waals surface area contributed by atoms with Crippen LogP contribution in [0.3, 0.4) is 0 Å². The van der Waals surface area contributed by atoms with Crippen LogP contribution in [0.1, 0.15) is 0 Å². The highest BCUT2D eigenvalue weighted by Gasteiger charge is 1.99. The number of aromatic nitrogens is 1. The van der Waals surface area contributed by atoms with E-state index in [1.807, 2.05) is 6.07 Å². The highest BCUT2D eigenvalue weighted by atomic mass is 32.1. The quantitative estimate of drug-likeness (QED) is 0.612. The van der Waals surface area contributed by atoms with Crippen LogP contribution < -0.4 is 11.0 Å². The first kappa shape index (κ1) is 7.24. The molecular weight excluding hydrogens is 174 g/mol. The van der Waals surface area contributed by atoms with Gasteiger partial charge in [-0.15, -0.1) is 0 Å². The van der Waals surface area contributed by atoms with Crippen molar-refractivity contribution >= 4 is 21.6 Å². The zero-order valence-electron chi connectivity index (χ0n) is 6.03. The smallest absolute Gasteiger partial charge is 0.283 e. The van der Waals surface area contributed by atoms with E-state index in [1.54, 1.807) is 18.2 Å². The van der Waals surface area contributed by atoms with E-state index in [9.17, 15) is 9.59 Å². The Kier molecular flexibility index (Phi) is 1.55. The maximum absolute atomic E-state index is 11.2. The fraction of sp³-hybridized carbons (Fsp3) is 0. The van der Waals surface area contributed by atoms with Gasteiger partial charge >= 0.3 is 5.56 Å². The van der Waals surface area contributed by atoms with Crippen LogP contribution in [0.25, 0.3) is 10.1 Å². The second-order valence-electron chi connectivity index (χ2n) is 2.36. The van der Waals surface area contributed by atoms with Crippen molar-refractivity contribution in [1.29, 1.82) is 0 Å². The molecule has 2 rings (SSSR count). The monoisotopic (exact) mass is 179 g/mol. The summed E-state index contributed by atoms with van der Waals surface area (Å²) < 4.78 is 3.22. The average Bonchev–Trinajstić information content (AvgIpc) is 2.12. The minimum atomic E-state index is -0.543. The lowest BCUT2D eigenvalue weighted by Gasteiger charge is -1.90. The highest BCUT2D eigenvalue weighted by molar-refractivity contribution is 7.12. The molecule has 3 nitrogen and oxygen atoms in total. The molecule has 2 aromatic rings. The van der Waals surface area contributed by atoms with Gasteiger partial charge < -0.3 is 0 Å². The lowest BCUT2D eigenvalue weighted by molar-refractivity contribution is 1.35. The molecule has 0 radical (unpaired) electrons. The van der Waals surface area contributed by atoms with Gasteiger partial charge in [-0.2, -0.15) is 0 Å². The summed E-state index contributed by atoms with van der Waals surface area (Å²) >= 11 is 1.18. The van der Waals surface area contributed by atoms with Crippen LogP contribution in [-0.2, 0) is 0 Å². The number of aromatic amines is 1. The molecule has 0 aliphatic carbocycles. The Hall–Kier alpha value is -1.42. The van der Waals surface area contributed by atoms with E-state index >= 15 is 0 Å². The summed E-state index contributed by atoms with van der Waals surface area (Å²) in [6.07, 6.45) is 0. The number of benzene rings is 1. The third-order valence-electron chi connectivity index (χ3n) is 1.59. The molecule has 1 heterocycles. The van der Waals surface area contributed by atoms with Crippen molar-refractivity contribution in [3.8, 4) is 0 Å².